The summed E-state index contributed by atoms with van der Waals surface area (Å²) >= 11 is 1.80. The summed E-state index contributed by atoms with van der Waals surface area (Å²) in [5.74, 6) is 0. The molecule has 1 aromatic heterocycles. The molecule has 80 valence electrons. The lowest BCUT2D eigenvalue weighted by molar-refractivity contribution is 0.146. The third kappa shape index (κ3) is 2.35. The Morgan fingerprint density at radius 2 is 2.14 bits per heavy atom. The molecule has 0 aliphatic heterocycles. The van der Waals surface area contributed by atoms with E-state index in [-0.39, 0.29) is 5.41 Å². The molecule has 1 aromatic rings. The van der Waals surface area contributed by atoms with Crippen molar-refractivity contribution in [2.75, 3.05) is 20.6 Å². The van der Waals surface area contributed by atoms with Crippen molar-refractivity contribution in [3.63, 3.8) is 0 Å². The minimum absolute atomic E-state index is 0.119. The van der Waals surface area contributed by atoms with Crippen LogP contribution < -0.4 is 5.73 Å². The van der Waals surface area contributed by atoms with Gasteiger partial charge in [-0.05, 0) is 37.5 Å². The van der Waals surface area contributed by atoms with Gasteiger partial charge in [-0.1, -0.05) is 19.9 Å². The normalized spacial score (nSPS) is 14.7. The van der Waals surface area contributed by atoms with Crippen molar-refractivity contribution in [3.8, 4) is 0 Å². The highest BCUT2D eigenvalue weighted by atomic mass is 32.1. The molecule has 0 aromatic carbocycles. The Bertz CT molecular complexity index is 265. The first-order valence-electron chi connectivity index (χ1n) is 4.89. The molecular formula is C11H20N2S. The zero-order chi connectivity index (χ0) is 10.8. The van der Waals surface area contributed by atoms with E-state index in [1.165, 1.54) is 4.88 Å². The van der Waals surface area contributed by atoms with Crippen LogP contribution in [0.3, 0.4) is 0 Å². The molecule has 0 saturated heterocycles. The second kappa shape index (κ2) is 4.43. The molecular weight excluding hydrogens is 192 g/mol. The third-order valence-corrected chi connectivity index (χ3v) is 3.52. The van der Waals surface area contributed by atoms with Crippen molar-refractivity contribution < 1.29 is 0 Å². The second-order valence-electron chi connectivity index (χ2n) is 4.57. The lowest BCUT2D eigenvalue weighted by atomic mass is 9.83. The number of hydrogen-bond donors (Lipinski definition) is 1. The van der Waals surface area contributed by atoms with Gasteiger partial charge < -0.3 is 10.6 Å². The summed E-state index contributed by atoms with van der Waals surface area (Å²) in [5, 5.41) is 2.12. The van der Waals surface area contributed by atoms with Gasteiger partial charge in [0.1, 0.15) is 0 Å². The van der Waals surface area contributed by atoms with Gasteiger partial charge in [-0.25, -0.2) is 0 Å². The average molecular weight is 212 g/mol. The highest BCUT2D eigenvalue weighted by Crippen LogP contribution is 2.38. The molecule has 0 aliphatic rings. The van der Waals surface area contributed by atoms with Crippen LogP contribution in [0.15, 0.2) is 17.5 Å². The van der Waals surface area contributed by atoms with Crippen molar-refractivity contribution in [2.45, 2.75) is 19.9 Å². The van der Waals surface area contributed by atoms with Gasteiger partial charge in [0.25, 0.3) is 0 Å². The molecule has 0 radical (unpaired) electrons. The van der Waals surface area contributed by atoms with Gasteiger partial charge in [0, 0.05) is 10.9 Å². The molecule has 0 amide bonds. The fourth-order valence-corrected chi connectivity index (χ4v) is 3.03. The van der Waals surface area contributed by atoms with Crippen LogP contribution in [-0.4, -0.2) is 25.5 Å². The predicted molar refractivity (Wildman–Crippen MR) is 63.6 cm³/mol. The Kier molecular flexibility index (Phi) is 3.70. The Morgan fingerprint density at radius 3 is 2.50 bits per heavy atom. The molecule has 2 nitrogen and oxygen atoms in total. The minimum atomic E-state index is 0.119. The molecule has 3 heteroatoms. The van der Waals surface area contributed by atoms with Crippen LogP contribution in [-0.2, 0) is 0 Å². The van der Waals surface area contributed by atoms with Crippen LogP contribution >= 0.6 is 11.3 Å². The number of thiophene rings is 1. The van der Waals surface area contributed by atoms with Gasteiger partial charge >= 0.3 is 0 Å². The molecule has 1 rings (SSSR count). The van der Waals surface area contributed by atoms with Crippen molar-refractivity contribution >= 4 is 11.3 Å². The van der Waals surface area contributed by atoms with Crippen molar-refractivity contribution in [2.24, 2.45) is 11.1 Å². The maximum atomic E-state index is 5.83. The largest absolute Gasteiger partial charge is 0.330 e. The molecule has 1 unspecified atom stereocenters. The molecule has 0 spiro atoms. The molecule has 0 bridgehead atoms. The van der Waals surface area contributed by atoms with Gasteiger partial charge in [-0.3, -0.25) is 0 Å². The van der Waals surface area contributed by atoms with Crippen LogP contribution in [0.25, 0.3) is 0 Å². The van der Waals surface area contributed by atoms with E-state index in [9.17, 15) is 0 Å². The summed E-state index contributed by atoms with van der Waals surface area (Å²) in [6.45, 7) is 5.14. The van der Waals surface area contributed by atoms with E-state index in [4.69, 9.17) is 5.73 Å². The minimum Gasteiger partial charge on any atom is -0.330 e. The predicted octanol–water partition coefficient (Wildman–Crippen LogP) is 2.34. The number of rotatable bonds is 4. The number of hydrogen-bond acceptors (Lipinski definition) is 3. The van der Waals surface area contributed by atoms with Gasteiger partial charge in [-0.2, -0.15) is 0 Å². The van der Waals surface area contributed by atoms with Gasteiger partial charge in [0.15, 0.2) is 0 Å². The topological polar surface area (TPSA) is 29.3 Å². The maximum Gasteiger partial charge on any atom is 0.0498 e. The monoisotopic (exact) mass is 212 g/mol. The van der Waals surface area contributed by atoms with E-state index in [2.05, 4.69) is 50.4 Å². The lowest BCUT2D eigenvalue weighted by Gasteiger charge is -2.37. The number of nitrogens with zero attached hydrogens (tertiary/aromatic N) is 1. The summed E-state index contributed by atoms with van der Waals surface area (Å²) in [5.41, 5.74) is 5.95. The van der Waals surface area contributed by atoms with Gasteiger partial charge in [0.05, 0.1) is 0 Å². The van der Waals surface area contributed by atoms with Crippen LogP contribution in [0.4, 0.5) is 0 Å². The van der Waals surface area contributed by atoms with E-state index >= 15 is 0 Å². The van der Waals surface area contributed by atoms with E-state index < -0.39 is 0 Å². The Morgan fingerprint density at radius 1 is 1.50 bits per heavy atom. The first-order chi connectivity index (χ1) is 6.49. The van der Waals surface area contributed by atoms with E-state index in [0.29, 0.717) is 12.6 Å². The Balaban J connectivity index is 2.97. The zero-order valence-electron chi connectivity index (χ0n) is 9.45. The molecule has 2 N–H and O–H groups in total. The molecule has 14 heavy (non-hydrogen) atoms. The van der Waals surface area contributed by atoms with Crippen molar-refractivity contribution in [3.05, 3.63) is 22.4 Å². The quantitative estimate of drug-likeness (QED) is 0.830. The Labute approximate surface area is 90.7 Å². The molecule has 0 aliphatic carbocycles. The van der Waals surface area contributed by atoms with Crippen LogP contribution in [0.2, 0.25) is 0 Å². The average Bonchev–Trinajstić information content (AvgIpc) is 2.56. The highest BCUT2D eigenvalue weighted by Gasteiger charge is 2.31. The summed E-state index contributed by atoms with van der Waals surface area (Å²) in [7, 11) is 4.23. The first-order valence-corrected chi connectivity index (χ1v) is 5.77. The summed E-state index contributed by atoms with van der Waals surface area (Å²) in [6.07, 6.45) is 0. The van der Waals surface area contributed by atoms with E-state index in [1.54, 1.807) is 11.3 Å². The highest BCUT2D eigenvalue weighted by molar-refractivity contribution is 7.10. The zero-order valence-corrected chi connectivity index (χ0v) is 10.3. The summed E-state index contributed by atoms with van der Waals surface area (Å²) in [4.78, 5) is 3.64. The molecule has 1 atom stereocenters. The van der Waals surface area contributed by atoms with Crippen molar-refractivity contribution in [1.29, 1.82) is 0 Å². The lowest BCUT2D eigenvalue weighted by Crippen LogP contribution is -2.38. The van der Waals surface area contributed by atoms with Crippen LogP contribution in [0.5, 0.6) is 0 Å². The van der Waals surface area contributed by atoms with Gasteiger partial charge in [0.2, 0.25) is 0 Å². The SMILES string of the molecule is CN(C)C(c1cccs1)C(C)(C)CN. The van der Waals surface area contributed by atoms with Gasteiger partial charge in [-0.15, -0.1) is 11.3 Å². The van der Waals surface area contributed by atoms with E-state index in [1.807, 2.05) is 0 Å². The smallest absolute Gasteiger partial charge is 0.0498 e. The third-order valence-electron chi connectivity index (χ3n) is 2.60. The first kappa shape index (κ1) is 11.7. The summed E-state index contributed by atoms with van der Waals surface area (Å²) in [6, 6.07) is 4.70. The second-order valence-corrected chi connectivity index (χ2v) is 5.55. The van der Waals surface area contributed by atoms with Crippen molar-refractivity contribution in [1.82, 2.24) is 4.90 Å². The van der Waals surface area contributed by atoms with E-state index in [0.717, 1.165) is 0 Å². The standard InChI is InChI=1S/C11H20N2S/c1-11(2,8-12)10(13(3)4)9-6-5-7-14-9/h5-7,10H,8,12H2,1-4H3. The fraction of sp³-hybridized carbons (Fsp3) is 0.636. The van der Waals surface area contributed by atoms with Crippen LogP contribution in [0, 0.1) is 5.41 Å². The molecule has 1 heterocycles. The molecule has 0 saturated carbocycles. The summed E-state index contributed by atoms with van der Waals surface area (Å²) < 4.78 is 0. The molecule has 0 fully saturated rings. The Hall–Kier alpha value is -0.380. The fourth-order valence-electron chi connectivity index (χ4n) is 1.90. The maximum absolute atomic E-state index is 5.83. The number of nitrogens with two attached hydrogens (primary N) is 1. The van der Waals surface area contributed by atoms with Crippen LogP contribution in [0.1, 0.15) is 24.8 Å².